The molecule has 2 heterocycles. The number of anilines is 3. The highest BCUT2D eigenvalue weighted by molar-refractivity contribution is 5.97. The molecule has 0 bridgehead atoms. The maximum atomic E-state index is 11.8. The van der Waals surface area contributed by atoms with Gasteiger partial charge in [-0.25, -0.2) is 4.98 Å². The first-order valence-electron chi connectivity index (χ1n) is 9.90. The van der Waals surface area contributed by atoms with Crippen molar-refractivity contribution in [2.24, 2.45) is 11.5 Å². The van der Waals surface area contributed by atoms with E-state index in [9.17, 15) is 4.79 Å². The monoisotopic (exact) mass is 399 g/mol. The van der Waals surface area contributed by atoms with Crippen LogP contribution < -0.4 is 26.8 Å². The molecule has 6 N–H and O–H groups in total. The van der Waals surface area contributed by atoms with Gasteiger partial charge in [0.05, 0.1) is 18.5 Å². The molecular formula is C20H29N7O2. The van der Waals surface area contributed by atoms with Crippen LogP contribution in [0.25, 0.3) is 0 Å². The predicted octanol–water partition coefficient (Wildman–Crippen LogP) is 2.53. The molecule has 156 valence electrons. The number of methoxy groups -OCH3 is 1. The minimum atomic E-state index is -0.668. The number of nitrogens with two attached hydrogens (primary N) is 2. The summed E-state index contributed by atoms with van der Waals surface area (Å²) in [7, 11) is 1.61. The minimum absolute atomic E-state index is 0.0483. The maximum Gasteiger partial charge on any atom is 0.271 e. The van der Waals surface area contributed by atoms with Gasteiger partial charge < -0.3 is 26.8 Å². The molecule has 1 saturated carbocycles. The van der Waals surface area contributed by atoms with E-state index in [1.165, 1.54) is 0 Å². The van der Waals surface area contributed by atoms with Crippen molar-refractivity contribution >= 4 is 23.2 Å². The molecule has 3 rings (SSSR count). The van der Waals surface area contributed by atoms with Crippen LogP contribution in [0.5, 0.6) is 5.75 Å². The Balaban J connectivity index is 1.88. The Labute approximate surface area is 170 Å². The third kappa shape index (κ3) is 4.92. The molecule has 2 atom stereocenters. The summed E-state index contributed by atoms with van der Waals surface area (Å²) >= 11 is 0. The fraction of sp³-hybridized carbons (Fsp3) is 0.500. The molecule has 0 aliphatic heterocycles. The van der Waals surface area contributed by atoms with Gasteiger partial charge in [-0.1, -0.05) is 26.7 Å². The zero-order valence-corrected chi connectivity index (χ0v) is 17.1. The number of nitrogens with zero attached hydrogens (tertiary/aromatic N) is 3. The van der Waals surface area contributed by atoms with Gasteiger partial charge in [-0.15, -0.1) is 10.2 Å². The molecule has 0 saturated heterocycles. The predicted molar refractivity (Wildman–Crippen MR) is 113 cm³/mol. The third-order valence-electron chi connectivity index (χ3n) is 5.10. The number of ether oxygens (including phenoxy) is 1. The Morgan fingerprint density at radius 2 is 1.97 bits per heavy atom. The molecule has 29 heavy (non-hydrogen) atoms. The summed E-state index contributed by atoms with van der Waals surface area (Å²) in [6.45, 7) is 4.07. The van der Waals surface area contributed by atoms with E-state index in [-0.39, 0.29) is 23.7 Å². The van der Waals surface area contributed by atoms with Crippen LogP contribution in [0, 0.1) is 0 Å². The van der Waals surface area contributed by atoms with Crippen LogP contribution in [-0.4, -0.2) is 40.3 Å². The first-order valence-corrected chi connectivity index (χ1v) is 9.90. The van der Waals surface area contributed by atoms with E-state index in [2.05, 4.69) is 25.8 Å². The zero-order chi connectivity index (χ0) is 21.0. The van der Waals surface area contributed by atoms with E-state index in [0.717, 1.165) is 31.4 Å². The average Bonchev–Trinajstić information content (AvgIpc) is 2.69. The molecule has 9 heteroatoms. The van der Waals surface area contributed by atoms with Gasteiger partial charge in [0.15, 0.2) is 11.5 Å². The van der Waals surface area contributed by atoms with Crippen molar-refractivity contribution in [3.05, 3.63) is 29.6 Å². The Morgan fingerprint density at radius 3 is 2.62 bits per heavy atom. The molecule has 9 nitrogen and oxygen atoms in total. The second-order valence-electron chi connectivity index (χ2n) is 7.62. The highest BCUT2D eigenvalue weighted by Crippen LogP contribution is 2.28. The van der Waals surface area contributed by atoms with Crippen molar-refractivity contribution in [3.63, 3.8) is 0 Å². The lowest BCUT2D eigenvalue weighted by molar-refractivity contribution is 0.0995. The largest absolute Gasteiger partial charge is 0.495 e. The lowest BCUT2D eigenvalue weighted by atomic mass is 9.91. The minimum Gasteiger partial charge on any atom is -0.495 e. The number of carbonyl (C=O) groups is 1. The number of amides is 1. The molecule has 0 radical (unpaired) electrons. The van der Waals surface area contributed by atoms with Crippen molar-refractivity contribution in [3.8, 4) is 5.75 Å². The topological polar surface area (TPSA) is 141 Å². The van der Waals surface area contributed by atoms with Gasteiger partial charge in [-0.2, -0.15) is 0 Å². The normalized spacial score (nSPS) is 19.1. The van der Waals surface area contributed by atoms with Crippen LogP contribution in [0.3, 0.4) is 0 Å². The van der Waals surface area contributed by atoms with Gasteiger partial charge in [0, 0.05) is 18.2 Å². The SMILES string of the molecule is COc1ccc(Nc2cc(N[C@@H]3CCCC[C@@H]3N)nnc2C(N)=O)nc1C(C)C. The van der Waals surface area contributed by atoms with Crippen molar-refractivity contribution < 1.29 is 9.53 Å². The number of pyridine rings is 1. The van der Waals surface area contributed by atoms with E-state index in [1.54, 1.807) is 19.2 Å². The molecule has 2 aromatic heterocycles. The fourth-order valence-electron chi connectivity index (χ4n) is 3.52. The van der Waals surface area contributed by atoms with Crippen molar-refractivity contribution in [1.82, 2.24) is 15.2 Å². The summed E-state index contributed by atoms with van der Waals surface area (Å²) in [5, 5.41) is 14.6. The zero-order valence-electron chi connectivity index (χ0n) is 17.1. The number of hydrogen-bond acceptors (Lipinski definition) is 8. The number of hydrogen-bond donors (Lipinski definition) is 4. The average molecular weight is 399 g/mol. The third-order valence-corrected chi connectivity index (χ3v) is 5.10. The number of rotatable bonds is 7. The van der Waals surface area contributed by atoms with Gasteiger partial charge in [0.1, 0.15) is 11.6 Å². The van der Waals surface area contributed by atoms with Gasteiger partial charge in [0.25, 0.3) is 5.91 Å². The van der Waals surface area contributed by atoms with Crippen LogP contribution in [0.4, 0.5) is 17.3 Å². The smallest absolute Gasteiger partial charge is 0.271 e. The number of carbonyl (C=O) groups excluding carboxylic acids is 1. The second kappa shape index (κ2) is 9.04. The highest BCUT2D eigenvalue weighted by Gasteiger charge is 2.23. The molecule has 1 amide bonds. The molecule has 0 spiro atoms. The first kappa shape index (κ1) is 20.8. The fourth-order valence-corrected chi connectivity index (χ4v) is 3.52. The summed E-state index contributed by atoms with van der Waals surface area (Å²) in [5.41, 5.74) is 13.0. The molecule has 0 aromatic carbocycles. The maximum absolute atomic E-state index is 11.8. The number of primary amides is 1. The quantitative estimate of drug-likeness (QED) is 0.556. The van der Waals surface area contributed by atoms with Crippen molar-refractivity contribution in [2.75, 3.05) is 17.7 Å². The number of aromatic nitrogens is 3. The second-order valence-corrected chi connectivity index (χ2v) is 7.62. The summed E-state index contributed by atoms with van der Waals surface area (Å²) < 4.78 is 5.38. The van der Waals surface area contributed by atoms with Gasteiger partial charge in [-0.3, -0.25) is 4.79 Å². The summed E-state index contributed by atoms with van der Waals surface area (Å²) in [5.74, 6) is 1.31. The lowest BCUT2D eigenvalue weighted by Crippen LogP contribution is -2.42. The van der Waals surface area contributed by atoms with Gasteiger partial charge in [0.2, 0.25) is 0 Å². The molecular weight excluding hydrogens is 370 g/mol. The van der Waals surface area contributed by atoms with E-state index in [4.69, 9.17) is 16.2 Å². The van der Waals surface area contributed by atoms with Crippen LogP contribution >= 0.6 is 0 Å². The van der Waals surface area contributed by atoms with Crippen molar-refractivity contribution in [2.45, 2.75) is 57.5 Å². The standard InChI is InChI=1S/C20H29N7O2/c1-11(2)18-15(29-3)8-9-16(25-18)24-14-10-17(26-27-19(14)20(22)28)23-13-7-5-4-6-12(13)21/h8-13H,4-7,21H2,1-3H3,(H2,22,28)(H2,23,24,25,26)/t12-,13+/m0/s1. The van der Waals surface area contributed by atoms with Gasteiger partial charge in [-0.05, 0) is 30.9 Å². The van der Waals surface area contributed by atoms with Crippen LogP contribution in [0.1, 0.15) is 61.6 Å². The molecule has 1 fully saturated rings. The van der Waals surface area contributed by atoms with E-state index in [1.807, 2.05) is 19.9 Å². The van der Waals surface area contributed by atoms with Crippen LogP contribution in [0.15, 0.2) is 18.2 Å². The Morgan fingerprint density at radius 1 is 1.21 bits per heavy atom. The van der Waals surface area contributed by atoms with Crippen LogP contribution in [0.2, 0.25) is 0 Å². The molecule has 1 aliphatic carbocycles. The molecule has 1 aliphatic rings. The molecule has 0 unspecified atom stereocenters. The molecule has 2 aromatic rings. The summed E-state index contributed by atoms with van der Waals surface area (Å²) in [4.78, 5) is 16.5. The Hall–Kier alpha value is -2.94. The van der Waals surface area contributed by atoms with Crippen molar-refractivity contribution in [1.29, 1.82) is 0 Å². The Bertz CT molecular complexity index is 872. The van der Waals surface area contributed by atoms with E-state index < -0.39 is 5.91 Å². The summed E-state index contributed by atoms with van der Waals surface area (Å²) in [6.07, 6.45) is 4.21. The Kier molecular flexibility index (Phi) is 6.48. The first-order chi connectivity index (χ1) is 13.9. The highest BCUT2D eigenvalue weighted by atomic mass is 16.5. The summed E-state index contributed by atoms with van der Waals surface area (Å²) in [6, 6.07) is 5.52. The van der Waals surface area contributed by atoms with E-state index >= 15 is 0 Å². The van der Waals surface area contributed by atoms with Gasteiger partial charge >= 0.3 is 0 Å². The van der Waals surface area contributed by atoms with Crippen LogP contribution in [-0.2, 0) is 0 Å². The number of nitrogens with one attached hydrogen (secondary N) is 2. The van der Waals surface area contributed by atoms with E-state index in [0.29, 0.717) is 23.1 Å². The lowest BCUT2D eigenvalue weighted by Gasteiger charge is -2.29.